The van der Waals surface area contributed by atoms with Crippen LogP contribution in [0.5, 0.6) is 0 Å². The van der Waals surface area contributed by atoms with Gasteiger partial charge >= 0.3 is 5.63 Å². The van der Waals surface area contributed by atoms with Gasteiger partial charge in [-0.25, -0.2) is 9.78 Å². The average molecular weight is 463 g/mol. The molecule has 5 rings (SSSR count). The standard InChI is InChI=1S/C27H30N2O3S/c1-17-16-27(2,3)29(11-7-8-12-31-4)22-15-23-18(13-19(17)22)14-20(26(30)32-23)25-28-21-9-5-6-10-24(21)33-25/h5-6,9-10,13-15,17H,7-8,11-12,16H2,1-4H3. The Balaban J connectivity index is 1.59. The van der Waals surface area contributed by atoms with Crippen molar-refractivity contribution in [2.45, 2.75) is 51.5 Å². The summed E-state index contributed by atoms with van der Waals surface area (Å²) in [5.74, 6) is 0.424. The van der Waals surface area contributed by atoms with Crippen molar-refractivity contribution in [1.82, 2.24) is 4.98 Å². The lowest BCUT2D eigenvalue weighted by Crippen LogP contribution is -2.48. The number of unbranched alkanes of at least 4 members (excludes halogenated alkanes) is 1. The van der Waals surface area contributed by atoms with Crippen molar-refractivity contribution in [2.24, 2.45) is 0 Å². The van der Waals surface area contributed by atoms with Crippen molar-refractivity contribution in [1.29, 1.82) is 0 Å². The van der Waals surface area contributed by atoms with E-state index in [1.807, 2.05) is 30.3 Å². The van der Waals surface area contributed by atoms with E-state index in [1.54, 1.807) is 7.11 Å². The lowest BCUT2D eigenvalue weighted by atomic mass is 9.79. The number of anilines is 1. The molecule has 4 aromatic rings. The van der Waals surface area contributed by atoms with Crippen LogP contribution in [0.25, 0.3) is 31.8 Å². The van der Waals surface area contributed by atoms with Gasteiger partial charge in [-0.15, -0.1) is 11.3 Å². The molecule has 2 aromatic heterocycles. The first kappa shape index (κ1) is 22.1. The predicted octanol–water partition coefficient (Wildman–Crippen LogP) is 6.59. The van der Waals surface area contributed by atoms with Crippen LogP contribution in [0, 0.1) is 0 Å². The van der Waals surface area contributed by atoms with Crippen LogP contribution in [0.1, 0.15) is 51.5 Å². The second kappa shape index (κ2) is 8.58. The molecule has 1 atom stereocenters. The Bertz CT molecular complexity index is 1340. The van der Waals surface area contributed by atoms with Gasteiger partial charge in [-0.3, -0.25) is 0 Å². The summed E-state index contributed by atoms with van der Waals surface area (Å²) in [7, 11) is 1.75. The van der Waals surface area contributed by atoms with Gasteiger partial charge in [-0.05, 0) is 68.9 Å². The van der Waals surface area contributed by atoms with Gasteiger partial charge in [0.2, 0.25) is 0 Å². The maximum absolute atomic E-state index is 13.0. The number of benzene rings is 2. The number of aromatic nitrogens is 1. The van der Waals surface area contributed by atoms with Gasteiger partial charge in [0, 0.05) is 42.9 Å². The first-order chi connectivity index (χ1) is 15.9. The summed E-state index contributed by atoms with van der Waals surface area (Å²) in [4.78, 5) is 20.1. The van der Waals surface area contributed by atoms with E-state index in [4.69, 9.17) is 9.15 Å². The van der Waals surface area contributed by atoms with Crippen LogP contribution in [0.4, 0.5) is 5.69 Å². The molecule has 0 saturated heterocycles. The Morgan fingerprint density at radius 3 is 2.82 bits per heavy atom. The number of rotatable bonds is 6. The number of hydrogen-bond acceptors (Lipinski definition) is 6. The molecule has 0 N–H and O–H groups in total. The zero-order valence-corrected chi connectivity index (χ0v) is 20.5. The fraction of sp³-hybridized carbons (Fsp3) is 0.407. The van der Waals surface area contributed by atoms with Gasteiger partial charge in [-0.1, -0.05) is 19.1 Å². The number of methoxy groups -OCH3 is 1. The molecule has 0 radical (unpaired) electrons. The van der Waals surface area contributed by atoms with Crippen LogP contribution in [0.2, 0.25) is 0 Å². The van der Waals surface area contributed by atoms with E-state index in [2.05, 4.69) is 42.8 Å². The highest BCUT2D eigenvalue weighted by Gasteiger charge is 2.36. The minimum absolute atomic E-state index is 0.0361. The van der Waals surface area contributed by atoms with E-state index in [9.17, 15) is 4.79 Å². The van der Waals surface area contributed by atoms with Crippen LogP contribution in [0.15, 0.2) is 51.7 Å². The summed E-state index contributed by atoms with van der Waals surface area (Å²) in [6.45, 7) is 8.63. The maximum atomic E-state index is 13.0. The van der Waals surface area contributed by atoms with E-state index >= 15 is 0 Å². The largest absolute Gasteiger partial charge is 0.422 e. The van der Waals surface area contributed by atoms with Gasteiger partial charge in [0.25, 0.3) is 0 Å². The normalized spacial score (nSPS) is 17.6. The summed E-state index contributed by atoms with van der Waals surface area (Å²) in [6.07, 6.45) is 3.17. The van der Waals surface area contributed by atoms with Crippen molar-refractivity contribution < 1.29 is 9.15 Å². The predicted molar refractivity (Wildman–Crippen MR) is 137 cm³/mol. The summed E-state index contributed by atoms with van der Waals surface area (Å²) >= 11 is 1.53. The van der Waals surface area contributed by atoms with Crippen LogP contribution >= 0.6 is 11.3 Å². The molecular formula is C27H30N2O3S. The maximum Gasteiger partial charge on any atom is 0.346 e. The number of hydrogen-bond donors (Lipinski definition) is 0. The van der Waals surface area contributed by atoms with Crippen molar-refractivity contribution in [2.75, 3.05) is 25.2 Å². The molecule has 0 spiro atoms. The topological polar surface area (TPSA) is 55.6 Å². The lowest BCUT2D eigenvalue weighted by molar-refractivity contribution is 0.192. The summed E-state index contributed by atoms with van der Waals surface area (Å²) in [5.41, 5.74) is 4.27. The second-order valence-corrected chi connectivity index (χ2v) is 10.7. The molecule has 0 bridgehead atoms. The van der Waals surface area contributed by atoms with Crippen molar-refractivity contribution in [3.8, 4) is 10.6 Å². The molecule has 2 aromatic carbocycles. The van der Waals surface area contributed by atoms with Gasteiger partial charge in [0.15, 0.2) is 0 Å². The first-order valence-electron chi connectivity index (χ1n) is 11.6. The smallest absolute Gasteiger partial charge is 0.346 e. The van der Waals surface area contributed by atoms with Gasteiger partial charge in [-0.2, -0.15) is 0 Å². The molecule has 5 nitrogen and oxygen atoms in total. The van der Waals surface area contributed by atoms with Crippen LogP contribution in [0.3, 0.4) is 0 Å². The minimum atomic E-state index is -0.337. The lowest BCUT2D eigenvalue weighted by Gasteiger charge is -2.47. The Kier molecular flexibility index (Phi) is 5.75. The van der Waals surface area contributed by atoms with Crippen molar-refractivity contribution in [3.05, 3.63) is 58.4 Å². The number of nitrogens with zero attached hydrogens (tertiary/aromatic N) is 2. The van der Waals surface area contributed by atoms with E-state index in [1.165, 1.54) is 22.6 Å². The molecular weight excluding hydrogens is 432 g/mol. The second-order valence-electron chi connectivity index (χ2n) is 9.65. The molecule has 1 unspecified atom stereocenters. The molecule has 1 aliphatic heterocycles. The Morgan fingerprint density at radius 1 is 1.21 bits per heavy atom. The third-order valence-corrected chi connectivity index (χ3v) is 7.81. The van der Waals surface area contributed by atoms with E-state index in [0.717, 1.165) is 48.0 Å². The highest BCUT2D eigenvalue weighted by atomic mass is 32.1. The van der Waals surface area contributed by atoms with E-state index in [0.29, 0.717) is 22.1 Å². The number of fused-ring (bicyclic) bond motifs is 3. The highest BCUT2D eigenvalue weighted by molar-refractivity contribution is 7.21. The number of para-hydroxylation sites is 1. The molecule has 33 heavy (non-hydrogen) atoms. The van der Waals surface area contributed by atoms with Crippen LogP contribution < -0.4 is 10.5 Å². The van der Waals surface area contributed by atoms with E-state index < -0.39 is 0 Å². The van der Waals surface area contributed by atoms with Crippen molar-refractivity contribution in [3.63, 3.8) is 0 Å². The average Bonchev–Trinajstić information content (AvgIpc) is 3.20. The molecule has 0 amide bonds. The first-order valence-corrected chi connectivity index (χ1v) is 12.4. The quantitative estimate of drug-likeness (QED) is 0.239. The highest BCUT2D eigenvalue weighted by Crippen LogP contribution is 2.45. The number of ether oxygens (including phenoxy) is 1. The molecule has 172 valence electrons. The molecule has 3 heterocycles. The SMILES string of the molecule is COCCCCN1c2cc3oc(=O)c(-c4nc5ccccc5s4)cc3cc2C(C)CC1(C)C. The molecule has 0 saturated carbocycles. The summed E-state index contributed by atoms with van der Waals surface area (Å²) in [6, 6.07) is 14.2. The zero-order valence-electron chi connectivity index (χ0n) is 19.7. The van der Waals surface area contributed by atoms with Crippen molar-refractivity contribution >= 4 is 38.2 Å². The number of thiazole rings is 1. The monoisotopic (exact) mass is 462 g/mol. The third kappa shape index (κ3) is 4.06. The fourth-order valence-electron chi connectivity index (χ4n) is 5.17. The molecule has 0 fully saturated rings. The van der Waals surface area contributed by atoms with Crippen LogP contribution in [-0.2, 0) is 4.74 Å². The Morgan fingerprint density at radius 2 is 2.03 bits per heavy atom. The van der Waals surface area contributed by atoms with Gasteiger partial charge < -0.3 is 14.1 Å². The molecule has 1 aliphatic rings. The van der Waals surface area contributed by atoms with Gasteiger partial charge in [0.1, 0.15) is 10.6 Å². The van der Waals surface area contributed by atoms with Gasteiger partial charge in [0.05, 0.1) is 15.8 Å². The summed E-state index contributed by atoms with van der Waals surface area (Å²) in [5, 5.41) is 1.66. The van der Waals surface area contributed by atoms with Crippen LogP contribution in [-0.4, -0.2) is 30.8 Å². The Hall–Kier alpha value is -2.70. The fourth-order valence-corrected chi connectivity index (χ4v) is 6.14. The molecule has 0 aliphatic carbocycles. The zero-order chi connectivity index (χ0) is 23.2. The Labute approximate surface area is 198 Å². The van der Waals surface area contributed by atoms with E-state index in [-0.39, 0.29) is 11.2 Å². The minimum Gasteiger partial charge on any atom is -0.422 e. The summed E-state index contributed by atoms with van der Waals surface area (Å²) < 4.78 is 12.2. The molecule has 6 heteroatoms. The third-order valence-electron chi connectivity index (χ3n) is 6.74.